The summed E-state index contributed by atoms with van der Waals surface area (Å²) in [6.45, 7) is 0. The van der Waals surface area contributed by atoms with E-state index in [2.05, 4.69) is 53.2 Å². The van der Waals surface area contributed by atoms with Crippen LogP contribution in [0.25, 0.3) is 5.82 Å². The summed E-state index contributed by atoms with van der Waals surface area (Å²) in [4.78, 5) is 11.0. The van der Waals surface area contributed by atoms with Crippen LogP contribution in [0.1, 0.15) is 5.56 Å². The lowest BCUT2D eigenvalue weighted by Crippen LogP contribution is -2.10. The monoisotopic (exact) mass is 310 g/mol. The highest BCUT2D eigenvalue weighted by Gasteiger charge is 2.09. The maximum atomic E-state index is 4.45. The van der Waals surface area contributed by atoms with E-state index in [4.69, 9.17) is 0 Å². The third kappa shape index (κ3) is 3.14. The van der Waals surface area contributed by atoms with Crippen molar-refractivity contribution in [1.29, 1.82) is 0 Å². The first kappa shape index (κ1) is 14.7. The predicted molar refractivity (Wildman–Crippen MR) is 91.7 cm³/mol. The summed E-state index contributed by atoms with van der Waals surface area (Å²) in [5, 5.41) is 0.951. The second-order valence-electron chi connectivity index (χ2n) is 5.08. The molecule has 0 N–H and O–H groups in total. The van der Waals surface area contributed by atoms with Crippen molar-refractivity contribution in [3.8, 4) is 5.82 Å². The predicted octanol–water partition coefficient (Wildman–Crippen LogP) is 3.63. The van der Waals surface area contributed by atoms with E-state index in [0.29, 0.717) is 0 Å². The van der Waals surface area contributed by atoms with Crippen molar-refractivity contribution in [2.24, 2.45) is 0 Å². The van der Waals surface area contributed by atoms with Gasteiger partial charge in [-0.3, -0.25) is 4.57 Å². The molecular formula is C17H18N4S. The Bertz CT molecular complexity index is 737. The van der Waals surface area contributed by atoms with Crippen LogP contribution in [-0.2, 0) is 5.75 Å². The number of thioether (sulfide) groups is 1. The third-order valence-electron chi connectivity index (χ3n) is 3.33. The summed E-state index contributed by atoms with van der Waals surface area (Å²) >= 11 is 1.72. The van der Waals surface area contributed by atoms with Crippen LogP contribution >= 0.6 is 11.8 Å². The van der Waals surface area contributed by atoms with Crippen LogP contribution in [0.4, 0.5) is 5.69 Å². The van der Waals surface area contributed by atoms with E-state index in [1.54, 1.807) is 18.0 Å². The minimum Gasteiger partial charge on any atom is -0.377 e. The van der Waals surface area contributed by atoms with Gasteiger partial charge in [0.2, 0.25) is 0 Å². The number of benzene rings is 1. The Hall–Kier alpha value is -2.27. The van der Waals surface area contributed by atoms with Crippen molar-refractivity contribution < 1.29 is 0 Å². The van der Waals surface area contributed by atoms with E-state index < -0.39 is 0 Å². The minimum absolute atomic E-state index is 0.873. The van der Waals surface area contributed by atoms with Crippen LogP contribution in [0.5, 0.6) is 0 Å². The summed E-state index contributed by atoms with van der Waals surface area (Å²) in [5.41, 5.74) is 2.54. The van der Waals surface area contributed by atoms with Gasteiger partial charge in [-0.2, -0.15) is 0 Å². The van der Waals surface area contributed by atoms with Crippen LogP contribution in [0.2, 0.25) is 0 Å². The number of pyridine rings is 1. The van der Waals surface area contributed by atoms with Crippen LogP contribution < -0.4 is 4.90 Å². The number of hydrogen-bond donors (Lipinski definition) is 0. The average molecular weight is 310 g/mol. The lowest BCUT2D eigenvalue weighted by atomic mass is 10.2. The van der Waals surface area contributed by atoms with Crippen molar-refractivity contribution in [3.63, 3.8) is 0 Å². The van der Waals surface area contributed by atoms with E-state index >= 15 is 0 Å². The topological polar surface area (TPSA) is 34.0 Å². The van der Waals surface area contributed by atoms with Crippen molar-refractivity contribution in [1.82, 2.24) is 14.5 Å². The highest BCUT2D eigenvalue weighted by molar-refractivity contribution is 7.98. The van der Waals surface area contributed by atoms with Gasteiger partial charge in [0, 0.05) is 44.1 Å². The molecule has 0 bridgehead atoms. The average Bonchev–Trinajstić information content (AvgIpc) is 3.02. The van der Waals surface area contributed by atoms with Crippen molar-refractivity contribution in [2.45, 2.75) is 10.9 Å². The van der Waals surface area contributed by atoms with E-state index in [-0.39, 0.29) is 0 Å². The van der Waals surface area contributed by atoms with Gasteiger partial charge in [0.05, 0.1) is 0 Å². The highest BCUT2D eigenvalue weighted by Crippen LogP contribution is 2.28. The van der Waals surface area contributed by atoms with E-state index in [9.17, 15) is 0 Å². The molecule has 0 saturated heterocycles. The fourth-order valence-corrected chi connectivity index (χ4v) is 3.24. The van der Waals surface area contributed by atoms with Gasteiger partial charge < -0.3 is 4.90 Å². The molecule has 0 aliphatic heterocycles. The first-order valence-electron chi connectivity index (χ1n) is 7.08. The molecule has 22 heavy (non-hydrogen) atoms. The van der Waals surface area contributed by atoms with Gasteiger partial charge in [0.25, 0.3) is 0 Å². The maximum absolute atomic E-state index is 4.45. The van der Waals surface area contributed by atoms with Gasteiger partial charge in [0.15, 0.2) is 5.16 Å². The van der Waals surface area contributed by atoms with E-state index in [0.717, 1.165) is 16.7 Å². The number of imidazole rings is 1. The molecular weight excluding hydrogens is 292 g/mol. The standard InChI is InChI=1S/C17H18N4S/c1-20(2)15-8-4-3-7-14(15)13-22-17-19-11-12-21(17)16-9-5-6-10-18-16/h3-12H,13H2,1-2H3. The van der Waals surface area contributed by atoms with Crippen molar-refractivity contribution >= 4 is 17.4 Å². The van der Waals surface area contributed by atoms with Gasteiger partial charge in [-0.25, -0.2) is 9.97 Å². The quantitative estimate of drug-likeness (QED) is 0.674. The molecule has 0 amide bonds. The Balaban J connectivity index is 1.80. The van der Waals surface area contributed by atoms with Crippen molar-refractivity contribution in [3.05, 3.63) is 66.6 Å². The summed E-state index contributed by atoms with van der Waals surface area (Å²) in [6, 6.07) is 14.3. The molecule has 1 aromatic carbocycles. The van der Waals surface area contributed by atoms with E-state index in [1.165, 1.54) is 11.3 Å². The summed E-state index contributed by atoms with van der Waals surface area (Å²) in [5.74, 6) is 1.77. The molecule has 0 atom stereocenters. The van der Waals surface area contributed by atoms with Gasteiger partial charge in [-0.15, -0.1) is 0 Å². The lowest BCUT2D eigenvalue weighted by molar-refractivity contribution is 0.863. The molecule has 5 heteroatoms. The maximum Gasteiger partial charge on any atom is 0.174 e. The zero-order valence-electron chi connectivity index (χ0n) is 12.7. The summed E-state index contributed by atoms with van der Waals surface area (Å²) in [7, 11) is 4.14. The Morgan fingerprint density at radius 1 is 1.00 bits per heavy atom. The fraction of sp³-hybridized carbons (Fsp3) is 0.176. The molecule has 3 rings (SSSR count). The molecule has 2 heterocycles. The number of nitrogens with zero attached hydrogens (tertiary/aromatic N) is 4. The van der Waals surface area contributed by atoms with Gasteiger partial charge >= 0.3 is 0 Å². The van der Waals surface area contributed by atoms with Crippen LogP contribution in [0.3, 0.4) is 0 Å². The zero-order chi connectivity index (χ0) is 15.4. The normalized spacial score (nSPS) is 10.6. The molecule has 0 fully saturated rings. The molecule has 0 unspecified atom stereocenters. The van der Waals surface area contributed by atoms with Crippen LogP contribution in [0, 0.1) is 0 Å². The molecule has 2 aromatic heterocycles. The smallest absolute Gasteiger partial charge is 0.174 e. The van der Waals surface area contributed by atoms with Crippen molar-refractivity contribution in [2.75, 3.05) is 19.0 Å². The first-order valence-corrected chi connectivity index (χ1v) is 8.07. The number of hydrogen-bond acceptors (Lipinski definition) is 4. The molecule has 0 saturated carbocycles. The fourth-order valence-electron chi connectivity index (χ4n) is 2.28. The number of anilines is 1. The second kappa shape index (κ2) is 6.66. The molecule has 4 nitrogen and oxygen atoms in total. The first-order chi connectivity index (χ1) is 10.8. The summed E-state index contributed by atoms with van der Waals surface area (Å²) < 4.78 is 2.02. The Morgan fingerprint density at radius 3 is 2.59 bits per heavy atom. The second-order valence-corrected chi connectivity index (χ2v) is 6.02. The van der Waals surface area contributed by atoms with E-state index in [1.807, 2.05) is 35.2 Å². The van der Waals surface area contributed by atoms with Gasteiger partial charge in [0.1, 0.15) is 5.82 Å². The number of rotatable bonds is 5. The van der Waals surface area contributed by atoms with Gasteiger partial charge in [-0.05, 0) is 23.8 Å². The van der Waals surface area contributed by atoms with Crippen LogP contribution in [0.15, 0.2) is 66.2 Å². The Kier molecular flexibility index (Phi) is 4.44. The molecule has 3 aromatic rings. The zero-order valence-corrected chi connectivity index (χ0v) is 13.5. The number of aromatic nitrogens is 3. The van der Waals surface area contributed by atoms with Gasteiger partial charge in [-0.1, -0.05) is 36.0 Å². The lowest BCUT2D eigenvalue weighted by Gasteiger charge is -2.17. The minimum atomic E-state index is 0.873. The number of para-hydroxylation sites is 1. The third-order valence-corrected chi connectivity index (χ3v) is 4.35. The molecule has 0 radical (unpaired) electrons. The molecule has 112 valence electrons. The van der Waals surface area contributed by atoms with Crippen LogP contribution in [-0.4, -0.2) is 28.6 Å². The summed E-state index contributed by atoms with van der Waals surface area (Å²) in [6.07, 6.45) is 5.56. The molecule has 0 aliphatic rings. The highest BCUT2D eigenvalue weighted by atomic mass is 32.2. The molecule has 0 spiro atoms. The Labute approximate surface area is 134 Å². The Morgan fingerprint density at radius 2 is 1.82 bits per heavy atom. The SMILES string of the molecule is CN(C)c1ccccc1CSc1nccn1-c1ccccn1. The largest absolute Gasteiger partial charge is 0.377 e. The molecule has 0 aliphatic carbocycles.